The van der Waals surface area contributed by atoms with Gasteiger partial charge in [0.25, 0.3) is 0 Å². The maximum Gasteiger partial charge on any atom is 0.228 e. The third kappa shape index (κ3) is 3.77. The fraction of sp³-hybridized carbons (Fsp3) is 0.375. The molecule has 0 amide bonds. The number of aromatic nitrogens is 3. The summed E-state index contributed by atoms with van der Waals surface area (Å²) in [6, 6.07) is 0. The van der Waals surface area contributed by atoms with Gasteiger partial charge < -0.3 is 5.32 Å². The van der Waals surface area contributed by atoms with E-state index in [0.717, 1.165) is 6.42 Å². The van der Waals surface area contributed by atoms with Crippen molar-refractivity contribution in [1.82, 2.24) is 15.0 Å². The van der Waals surface area contributed by atoms with Crippen molar-refractivity contribution < 1.29 is 0 Å². The van der Waals surface area contributed by atoms with Gasteiger partial charge in [-0.2, -0.15) is 15.0 Å². The van der Waals surface area contributed by atoms with Crippen molar-refractivity contribution in [3.05, 3.63) is 10.6 Å². The Morgan fingerprint density at radius 1 is 1.21 bits per heavy atom. The number of hydrogen-bond acceptors (Lipinski definition) is 4. The van der Waals surface area contributed by atoms with Gasteiger partial charge in [0.05, 0.1) is 0 Å². The first-order valence-corrected chi connectivity index (χ1v) is 4.68. The van der Waals surface area contributed by atoms with E-state index in [4.69, 9.17) is 23.2 Å². The Bertz CT molecular complexity index is 349. The summed E-state index contributed by atoms with van der Waals surface area (Å²) in [4.78, 5) is 11.3. The predicted molar refractivity (Wildman–Crippen MR) is 56.4 cm³/mol. The van der Waals surface area contributed by atoms with Crippen molar-refractivity contribution >= 4 is 29.2 Å². The Labute approximate surface area is 92.1 Å². The van der Waals surface area contributed by atoms with Crippen LogP contribution in [0.3, 0.4) is 0 Å². The molecule has 1 heterocycles. The summed E-state index contributed by atoms with van der Waals surface area (Å²) >= 11 is 11.2. The smallest absolute Gasteiger partial charge is 0.228 e. The fourth-order valence-electron chi connectivity index (χ4n) is 0.767. The minimum absolute atomic E-state index is 0.0778. The number of anilines is 1. The number of halogens is 2. The monoisotopic (exact) mass is 230 g/mol. The van der Waals surface area contributed by atoms with Gasteiger partial charge in [0.1, 0.15) is 0 Å². The molecule has 74 valence electrons. The number of nitrogens with zero attached hydrogens (tertiary/aromatic N) is 3. The van der Waals surface area contributed by atoms with Gasteiger partial charge in [-0.15, -0.1) is 11.8 Å². The average Bonchev–Trinajstić information content (AvgIpc) is 2.11. The first-order valence-electron chi connectivity index (χ1n) is 3.93. The Morgan fingerprint density at radius 2 is 1.86 bits per heavy atom. The van der Waals surface area contributed by atoms with E-state index in [-0.39, 0.29) is 10.6 Å². The summed E-state index contributed by atoms with van der Waals surface area (Å²) in [5.41, 5.74) is 0. The van der Waals surface area contributed by atoms with E-state index >= 15 is 0 Å². The first-order chi connectivity index (χ1) is 6.72. The van der Waals surface area contributed by atoms with Crippen LogP contribution in [-0.2, 0) is 0 Å². The van der Waals surface area contributed by atoms with Crippen LogP contribution >= 0.6 is 23.2 Å². The molecular formula is C8H8Cl2N4. The molecular weight excluding hydrogens is 223 g/mol. The summed E-state index contributed by atoms with van der Waals surface area (Å²) in [5, 5.41) is 3.08. The standard InChI is InChI=1S/C8H8Cl2N4/c1-2-3-4-5-11-8-13-6(9)12-7(10)14-8/h4-5H2,1H3,(H,11,12,13,14). The maximum absolute atomic E-state index is 5.58. The van der Waals surface area contributed by atoms with Crippen molar-refractivity contribution in [2.45, 2.75) is 13.3 Å². The number of hydrogen-bond donors (Lipinski definition) is 1. The molecule has 0 saturated carbocycles. The molecule has 0 aromatic carbocycles. The maximum atomic E-state index is 5.58. The second-order valence-corrected chi connectivity index (χ2v) is 2.98. The van der Waals surface area contributed by atoms with Crippen molar-refractivity contribution in [1.29, 1.82) is 0 Å². The van der Waals surface area contributed by atoms with E-state index < -0.39 is 0 Å². The molecule has 0 bridgehead atoms. The van der Waals surface area contributed by atoms with Crippen LogP contribution in [0.2, 0.25) is 10.6 Å². The second-order valence-electron chi connectivity index (χ2n) is 2.30. The van der Waals surface area contributed by atoms with E-state index in [1.54, 1.807) is 6.92 Å². The topological polar surface area (TPSA) is 50.7 Å². The highest BCUT2D eigenvalue weighted by molar-refractivity contribution is 6.31. The number of rotatable bonds is 3. The summed E-state index contributed by atoms with van der Waals surface area (Å²) in [6.45, 7) is 2.44. The Hall–Kier alpha value is -1.05. The van der Waals surface area contributed by atoms with Crippen LogP contribution in [-0.4, -0.2) is 21.5 Å². The molecule has 0 aliphatic carbocycles. The summed E-state index contributed by atoms with van der Waals surface area (Å²) < 4.78 is 0. The van der Waals surface area contributed by atoms with E-state index in [0.29, 0.717) is 12.5 Å². The van der Waals surface area contributed by atoms with Gasteiger partial charge in [-0.1, -0.05) is 0 Å². The predicted octanol–water partition coefficient (Wildman–Crippen LogP) is 2.00. The minimum atomic E-state index is 0.0778. The molecule has 0 fully saturated rings. The van der Waals surface area contributed by atoms with Crippen LogP contribution in [0, 0.1) is 11.8 Å². The van der Waals surface area contributed by atoms with Gasteiger partial charge in [0, 0.05) is 13.0 Å². The third-order valence-electron chi connectivity index (χ3n) is 1.29. The largest absolute Gasteiger partial charge is 0.353 e. The molecule has 6 heteroatoms. The molecule has 0 aliphatic rings. The molecule has 0 radical (unpaired) electrons. The van der Waals surface area contributed by atoms with E-state index in [2.05, 4.69) is 32.1 Å². The van der Waals surface area contributed by atoms with Crippen molar-refractivity contribution in [2.24, 2.45) is 0 Å². The van der Waals surface area contributed by atoms with Crippen LogP contribution in [0.15, 0.2) is 0 Å². The van der Waals surface area contributed by atoms with Crippen molar-refractivity contribution in [3.63, 3.8) is 0 Å². The van der Waals surface area contributed by atoms with Crippen LogP contribution in [0.25, 0.3) is 0 Å². The molecule has 4 nitrogen and oxygen atoms in total. The highest BCUT2D eigenvalue weighted by Crippen LogP contribution is 2.09. The van der Waals surface area contributed by atoms with Gasteiger partial charge in [0.15, 0.2) is 0 Å². The molecule has 1 aromatic rings. The average molecular weight is 231 g/mol. The Balaban J connectivity index is 2.53. The zero-order valence-electron chi connectivity index (χ0n) is 7.51. The third-order valence-corrected chi connectivity index (χ3v) is 1.63. The zero-order valence-corrected chi connectivity index (χ0v) is 9.02. The van der Waals surface area contributed by atoms with Gasteiger partial charge in [-0.05, 0) is 30.1 Å². The highest BCUT2D eigenvalue weighted by Gasteiger charge is 2.00. The quantitative estimate of drug-likeness (QED) is 0.638. The minimum Gasteiger partial charge on any atom is -0.353 e. The Kier molecular flexibility index (Phi) is 4.44. The molecule has 1 rings (SSSR count). The molecule has 0 aliphatic heterocycles. The molecule has 1 aromatic heterocycles. The van der Waals surface area contributed by atoms with Crippen LogP contribution < -0.4 is 5.32 Å². The second kappa shape index (κ2) is 5.63. The van der Waals surface area contributed by atoms with Crippen molar-refractivity contribution in [3.8, 4) is 11.8 Å². The first kappa shape index (κ1) is 11.0. The molecule has 0 atom stereocenters. The van der Waals surface area contributed by atoms with Gasteiger partial charge in [-0.25, -0.2) is 0 Å². The highest BCUT2D eigenvalue weighted by atomic mass is 35.5. The summed E-state index contributed by atoms with van der Waals surface area (Å²) in [7, 11) is 0. The van der Waals surface area contributed by atoms with Crippen LogP contribution in [0.4, 0.5) is 5.95 Å². The lowest BCUT2D eigenvalue weighted by Gasteiger charge is -2.01. The van der Waals surface area contributed by atoms with Gasteiger partial charge in [0.2, 0.25) is 16.5 Å². The SMILES string of the molecule is CC#CCCNc1nc(Cl)nc(Cl)n1. The lowest BCUT2D eigenvalue weighted by molar-refractivity contribution is 0.992. The van der Waals surface area contributed by atoms with Gasteiger partial charge >= 0.3 is 0 Å². The fourth-order valence-corrected chi connectivity index (χ4v) is 1.13. The van der Waals surface area contributed by atoms with Crippen LogP contribution in [0.5, 0.6) is 0 Å². The summed E-state index contributed by atoms with van der Waals surface area (Å²) in [5.74, 6) is 6.05. The molecule has 1 N–H and O–H groups in total. The van der Waals surface area contributed by atoms with E-state index in [9.17, 15) is 0 Å². The Morgan fingerprint density at radius 3 is 2.43 bits per heavy atom. The molecule has 0 spiro atoms. The van der Waals surface area contributed by atoms with Gasteiger partial charge in [-0.3, -0.25) is 0 Å². The normalized spacial score (nSPS) is 9.07. The summed E-state index contributed by atoms with van der Waals surface area (Å²) in [6.07, 6.45) is 0.720. The lowest BCUT2D eigenvalue weighted by atomic mass is 10.4. The molecule has 14 heavy (non-hydrogen) atoms. The van der Waals surface area contributed by atoms with Crippen LogP contribution in [0.1, 0.15) is 13.3 Å². The molecule has 0 saturated heterocycles. The van der Waals surface area contributed by atoms with E-state index in [1.807, 2.05) is 0 Å². The molecule has 0 unspecified atom stereocenters. The lowest BCUT2D eigenvalue weighted by Crippen LogP contribution is -2.05. The van der Waals surface area contributed by atoms with E-state index in [1.165, 1.54) is 0 Å². The zero-order chi connectivity index (χ0) is 10.4. The van der Waals surface area contributed by atoms with Crippen molar-refractivity contribution in [2.75, 3.05) is 11.9 Å². The number of nitrogens with one attached hydrogen (secondary N) is 1.